The van der Waals surface area contributed by atoms with Gasteiger partial charge in [0.15, 0.2) is 5.96 Å². The first-order chi connectivity index (χ1) is 11.2. The van der Waals surface area contributed by atoms with Gasteiger partial charge in [0.25, 0.3) is 0 Å². The van der Waals surface area contributed by atoms with Gasteiger partial charge in [0.05, 0.1) is 16.9 Å². The summed E-state index contributed by atoms with van der Waals surface area (Å²) in [4.78, 5) is 15.2. The van der Waals surface area contributed by atoms with Crippen molar-refractivity contribution in [3.05, 3.63) is 60.2 Å². The topological polar surface area (TPSA) is 77.9 Å². The van der Waals surface area contributed by atoms with Gasteiger partial charge in [-0.3, -0.25) is 15.5 Å². The molecular formula is C18H16N4O. The molecule has 1 heterocycles. The zero-order valence-electron chi connectivity index (χ0n) is 12.6. The average Bonchev–Trinajstić information content (AvgIpc) is 2.55. The Kier molecular flexibility index (Phi) is 4.01. The third-order valence-electron chi connectivity index (χ3n) is 3.50. The molecule has 2 aromatic carbocycles. The molecule has 0 bridgehead atoms. The van der Waals surface area contributed by atoms with Gasteiger partial charge in [-0.25, -0.2) is 4.98 Å². The molecule has 5 nitrogen and oxygen atoms in total. The molecule has 0 fully saturated rings. The van der Waals surface area contributed by atoms with E-state index in [0.29, 0.717) is 6.41 Å². The van der Waals surface area contributed by atoms with Crippen LogP contribution < -0.4 is 10.6 Å². The first kappa shape index (κ1) is 14.7. The Labute approximate surface area is 133 Å². The van der Waals surface area contributed by atoms with Gasteiger partial charge in [-0.2, -0.15) is 0 Å². The first-order valence-electron chi connectivity index (χ1n) is 7.20. The number of benzene rings is 2. The van der Waals surface area contributed by atoms with Gasteiger partial charge in [0, 0.05) is 10.9 Å². The van der Waals surface area contributed by atoms with E-state index in [0.717, 1.165) is 33.4 Å². The summed E-state index contributed by atoms with van der Waals surface area (Å²) >= 11 is 0. The van der Waals surface area contributed by atoms with Crippen molar-refractivity contribution in [1.29, 1.82) is 5.41 Å². The van der Waals surface area contributed by atoms with E-state index in [-0.39, 0.29) is 5.96 Å². The molecule has 0 radical (unpaired) electrons. The van der Waals surface area contributed by atoms with E-state index in [1.165, 1.54) is 0 Å². The van der Waals surface area contributed by atoms with Crippen LogP contribution in [0.4, 0.5) is 5.69 Å². The molecule has 3 aromatic rings. The maximum atomic E-state index is 10.5. The molecule has 114 valence electrons. The number of rotatable bonds is 3. The fraction of sp³-hybridized carbons (Fsp3) is 0.0556. The summed E-state index contributed by atoms with van der Waals surface area (Å²) in [5, 5.41) is 13.9. The van der Waals surface area contributed by atoms with Crippen LogP contribution in [0.1, 0.15) is 5.56 Å². The highest BCUT2D eigenvalue weighted by Gasteiger charge is 2.09. The summed E-state index contributed by atoms with van der Waals surface area (Å²) in [7, 11) is 0. The Morgan fingerprint density at radius 1 is 1.13 bits per heavy atom. The van der Waals surface area contributed by atoms with Gasteiger partial charge >= 0.3 is 0 Å². The number of aryl methyl sites for hydroxylation is 1. The Hall–Kier alpha value is -3.21. The monoisotopic (exact) mass is 304 g/mol. The number of carbonyl (C=O) groups is 1. The predicted octanol–water partition coefficient (Wildman–Crippen LogP) is 3.30. The predicted molar refractivity (Wildman–Crippen MR) is 92.5 cm³/mol. The summed E-state index contributed by atoms with van der Waals surface area (Å²) in [6, 6.07) is 17.7. The number of guanidine groups is 1. The highest BCUT2D eigenvalue weighted by atomic mass is 16.1. The van der Waals surface area contributed by atoms with Gasteiger partial charge in [0.1, 0.15) is 0 Å². The van der Waals surface area contributed by atoms with Crippen molar-refractivity contribution in [1.82, 2.24) is 10.3 Å². The normalized spacial score (nSPS) is 10.3. The van der Waals surface area contributed by atoms with E-state index in [1.54, 1.807) is 0 Å². The van der Waals surface area contributed by atoms with Crippen molar-refractivity contribution in [2.24, 2.45) is 0 Å². The van der Waals surface area contributed by atoms with E-state index in [4.69, 9.17) is 10.4 Å². The number of pyridine rings is 1. The lowest BCUT2D eigenvalue weighted by atomic mass is 10.1. The fourth-order valence-electron chi connectivity index (χ4n) is 2.43. The van der Waals surface area contributed by atoms with Crippen LogP contribution in [-0.2, 0) is 4.79 Å². The van der Waals surface area contributed by atoms with Crippen LogP contribution in [0.3, 0.4) is 0 Å². The molecule has 0 spiro atoms. The standard InChI is InChI=1S/C18H16N4O/c1-12-7-8-14-16(9-12)21-15(13-5-3-2-4-6-13)10-17(14)22-18(19)20-11-23/h2-11H,1H3,(H3,19,20,21,22,23). The van der Waals surface area contributed by atoms with Gasteiger partial charge in [0.2, 0.25) is 6.41 Å². The van der Waals surface area contributed by atoms with E-state index >= 15 is 0 Å². The van der Waals surface area contributed by atoms with E-state index in [2.05, 4.69) is 10.6 Å². The second-order valence-electron chi connectivity index (χ2n) is 5.20. The van der Waals surface area contributed by atoms with Crippen molar-refractivity contribution in [2.75, 3.05) is 5.32 Å². The Balaban J connectivity index is 2.15. The minimum absolute atomic E-state index is 0.0768. The third-order valence-corrected chi connectivity index (χ3v) is 3.50. The molecule has 0 aliphatic carbocycles. The molecule has 0 saturated heterocycles. The molecule has 0 atom stereocenters. The summed E-state index contributed by atoms with van der Waals surface area (Å²) in [5.41, 5.74) is 4.49. The first-order valence-corrected chi connectivity index (χ1v) is 7.20. The number of hydrogen-bond acceptors (Lipinski definition) is 3. The number of aromatic nitrogens is 1. The zero-order valence-corrected chi connectivity index (χ0v) is 12.6. The maximum absolute atomic E-state index is 10.5. The Morgan fingerprint density at radius 3 is 2.65 bits per heavy atom. The summed E-state index contributed by atoms with van der Waals surface area (Å²) in [6.07, 6.45) is 0.473. The lowest BCUT2D eigenvalue weighted by molar-refractivity contribution is -0.108. The highest BCUT2D eigenvalue weighted by Crippen LogP contribution is 2.28. The summed E-state index contributed by atoms with van der Waals surface area (Å²) < 4.78 is 0. The zero-order chi connectivity index (χ0) is 16.2. The highest BCUT2D eigenvalue weighted by molar-refractivity contribution is 6.04. The number of carbonyl (C=O) groups excluding carboxylic acids is 1. The minimum atomic E-state index is -0.0768. The number of anilines is 1. The summed E-state index contributed by atoms with van der Waals surface area (Å²) in [5.74, 6) is -0.0768. The van der Waals surface area contributed by atoms with Crippen molar-refractivity contribution in [3.63, 3.8) is 0 Å². The Bertz CT molecular complexity index is 875. The van der Waals surface area contributed by atoms with Crippen LogP contribution in [-0.4, -0.2) is 17.4 Å². The fourth-order valence-corrected chi connectivity index (χ4v) is 2.43. The smallest absolute Gasteiger partial charge is 0.213 e. The van der Waals surface area contributed by atoms with Crippen LogP contribution in [0.5, 0.6) is 0 Å². The maximum Gasteiger partial charge on any atom is 0.213 e. The molecule has 3 rings (SSSR count). The van der Waals surface area contributed by atoms with Crippen LogP contribution in [0.15, 0.2) is 54.6 Å². The molecule has 5 heteroatoms. The van der Waals surface area contributed by atoms with Crippen molar-refractivity contribution >= 4 is 29.0 Å². The lowest BCUT2D eigenvalue weighted by Gasteiger charge is -2.12. The quantitative estimate of drug-likeness (QED) is 0.395. The Morgan fingerprint density at radius 2 is 1.91 bits per heavy atom. The second-order valence-corrected chi connectivity index (χ2v) is 5.20. The van der Waals surface area contributed by atoms with E-state index < -0.39 is 0 Å². The van der Waals surface area contributed by atoms with Crippen LogP contribution in [0.2, 0.25) is 0 Å². The van der Waals surface area contributed by atoms with Crippen molar-refractivity contribution in [2.45, 2.75) is 6.92 Å². The SMILES string of the molecule is Cc1ccc2c(NC(=N)NC=O)cc(-c3ccccc3)nc2c1. The molecule has 1 aromatic heterocycles. The van der Waals surface area contributed by atoms with Crippen LogP contribution in [0.25, 0.3) is 22.2 Å². The van der Waals surface area contributed by atoms with Crippen molar-refractivity contribution < 1.29 is 4.79 Å². The van der Waals surface area contributed by atoms with Gasteiger partial charge < -0.3 is 5.32 Å². The third kappa shape index (κ3) is 3.18. The number of nitrogens with zero attached hydrogens (tertiary/aromatic N) is 1. The number of hydrogen-bond donors (Lipinski definition) is 3. The average molecular weight is 304 g/mol. The molecule has 0 unspecified atom stereocenters. The molecular weight excluding hydrogens is 288 g/mol. The minimum Gasteiger partial charge on any atom is -0.325 e. The molecule has 0 aliphatic rings. The molecule has 3 N–H and O–H groups in total. The lowest BCUT2D eigenvalue weighted by Crippen LogP contribution is -2.28. The molecule has 1 amide bonds. The molecule has 0 saturated carbocycles. The van der Waals surface area contributed by atoms with E-state index in [1.807, 2.05) is 61.5 Å². The number of nitrogens with one attached hydrogen (secondary N) is 3. The number of fused-ring (bicyclic) bond motifs is 1. The number of amides is 1. The van der Waals surface area contributed by atoms with Crippen LogP contribution >= 0.6 is 0 Å². The molecule has 23 heavy (non-hydrogen) atoms. The van der Waals surface area contributed by atoms with Crippen LogP contribution in [0, 0.1) is 12.3 Å². The molecule has 0 aliphatic heterocycles. The van der Waals surface area contributed by atoms with Gasteiger partial charge in [-0.1, -0.05) is 42.5 Å². The van der Waals surface area contributed by atoms with Gasteiger partial charge in [-0.05, 0) is 24.6 Å². The largest absolute Gasteiger partial charge is 0.325 e. The van der Waals surface area contributed by atoms with E-state index in [9.17, 15) is 4.79 Å². The second kappa shape index (κ2) is 6.27. The van der Waals surface area contributed by atoms with Gasteiger partial charge in [-0.15, -0.1) is 0 Å². The summed E-state index contributed by atoms with van der Waals surface area (Å²) in [6.45, 7) is 2.01. The van der Waals surface area contributed by atoms with Crippen molar-refractivity contribution in [3.8, 4) is 11.3 Å².